The molecule has 0 unspecified atom stereocenters. The van der Waals surface area contributed by atoms with Gasteiger partial charge in [-0.15, -0.1) is 0 Å². The van der Waals surface area contributed by atoms with Crippen molar-refractivity contribution in [3.63, 3.8) is 0 Å². The lowest BCUT2D eigenvalue weighted by molar-refractivity contribution is -0.123. The number of hydrogen-bond donors (Lipinski definition) is 0. The Kier molecular flexibility index (Phi) is 4.51. The van der Waals surface area contributed by atoms with Gasteiger partial charge in [0.1, 0.15) is 6.61 Å². The Bertz CT molecular complexity index is 1090. The predicted molar refractivity (Wildman–Crippen MR) is 112 cm³/mol. The molecule has 152 valence electrons. The first-order chi connectivity index (χ1) is 14.5. The summed E-state index contributed by atoms with van der Waals surface area (Å²) in [5.74, 6) is -0.884. The van der Waals surface area contributed by atoms with Crippen molar-refractivity contribution in [2.45, 2.75) is 20.0 Å². The zero-order chi connectivity index (χ0) is 21.0. The number of rotatable bonds is 4. The highest BCUT2D eigenvalue weighted by molar-refractivity contribution is 6.31. The number of carbonyl (C=O) groups excluding carboxylic acids is 3. The summed E-state index contributed by atoms with van der Waals surface area (Å²) < 4.78 is 5.33. The molecule has 0 radical (unpaired) electrons. The molecule has 2 aliphatic carbocycles. The van der Waals surface area contributed by atoms with E-state index in [1.807, 2.05) is 19.1 Å². The Balaban J connectivity index is 1.30. The van der Waals surface area contributed by atoms with Gasteiger partial charge in [0, 0.05) is 10.6 Å². The molecule has 1 saturated heterocycles. The zero-order valence-corrected chi connectivity index (χ0v) is 17.1. The standard InChI is InChI=1S/C24H20ClNO4/c1-13-10-16-11-18(13)21-20(16)22(27)26(23(21)28)17-8-6-14(7-9-17)24(29)30-12-15-4-2-3-5-19(15)25/h2-10,16,18,20-21H,11-12H2,1H3/t16-,18+,20-,21-/m1/s1. The van der Waals surface area contributed by atoms with E-state index in [0.29, 0.717) is 16.3 Å². The maximum absolute atomic E-state index is 13.0. The number of hydrogen-bond acceptors (Lipinski definition) is 4. The number of halogens is 1. The fraction of sp³-hybridized carbons (Fsp3) is 0.292. The van der Waals surface area contributed by atoms with Crippen LogP contribution in [0.2, 0.25) is 5.02 Å². The van der Waals surface area contributed by atoms with Crippen molar-refractivity contribution >= 4 is 35.1 Å². The molecule has 5 nitrogen and oxygen atoms in total. The smallest absolute Gasteiger partial charge is 0.338 e. The first kappa shape index (κ1) is 19.1. The van der Waals surface area contributed by atoms with Crippen molar-refractivity contribution in [2.24, 2.45) is 23.7 Å². The Morgan fingerprint density at radius 3 is 2.50 bits per heavy atom. The van der Waals surface area contributed by atoms with E-state index in [1.54, 1.807) is 36.4 Å². The molecule has 6 heteroatoms. The summed E-state index contributed by atoms with van der Waals surface area (Å²) in [4.78, 5) is 39.6. The average molecular weight is 422 g/mol. The normalized spacial score (nSPS) is 26.7. The predicted octanol–water partition coefficient (Wildman–Crippen LogP) is 4.40. The molecule has 4 atom stereocenters. The second kappa shape index (κ2) is 7.10. The van der Waals surface area contributed by atoms with Crippen molar-refractivity contribution in [2.75, 3.05) is 4.90 Å². The summed E-state index contributed by atoms with van der Waals surface area (Å²) in [5.41, 5.74) is 2.80. The van der Waals surface area contributed by atoms with Crippen LogP contribution in [0.5, 0.6) is 0 Å². The van der Waals surface area contributed by atoms with Crippen LogP contribution in [0.15, 0.2) is 60.2 Å². The van der Waals surface area contributed by atoms with E-state index in [4.69, 9.17) is 16.3 Å². The molecular weight excluding hydrogens is 402 g/mol. The van der Waals surface area contributed by atoms with Gasteiger partial charge in [-0.1, -0.05) is 41.4 Å². The van der Waals surface area contributed by atoms with Crippen LogP contribution in [0.3, 0.4) is 0 Å². The summed E-state index contributed by atoms with van der Waals surface area (Å²) in [6.07, 6.45) is 3.06. The number of fused-ring (bicyclic) bond motifs is 5. The molecule has 1 heterocycles. The van der Waals surface area contributed by atoms with Gasteiger partial charge in [-0.05, 0) is 55.5 Å². The molecule has 1 aliphatic heterocycles. The number of anilines is 1. The second-order valence-electron chi connectivity index (χ2n) is 8.19. The van der Waals surface area contributed by atoms with Gasteiger partial charge in [-0.3, -0.25) is 14.5 Å². The Hall–Kier alpha value is -2.92. The average Bonchev–Trinajstić information content (AvgIpc) is 3.38. The number of nitrogens with zero attached hydrogens (tertiary/aromatic N) is 1. The lowest BCUT2D eigenvalue weighted by atomic mass is 9.82. The molecule has 0 aromatic heterocycles. The van der Waals surface area contributed by atoms with Crippen LogP contribution in [0, 0.1) is 23.7 Å². The van der Waals surface area contributed by atoms with Crippen molar-refractivity contribution in [3.8, 4) is 0 Å². The fourth-order valence-electron chi connectivity index (χ4n) is 5.12. The number of allylic oxidation sites excluding steroid dienone is 2. The molecule has 2 bridgehead atoms. The summed E-state index contributed by atoms with van der Waals surface area (Å²) in [5, 5.41) is 0.538. The van der Waals surface area contributed by atoms with E-state index in [2.05, 4.69) is 6.08 Å². The van der Waals surface area contributed by atoms with Crippen LogP contribution >= 0.6 is 11.6 Å². The highest BCUT2D eigenvalue weighted by Gasteiger charge is 2.60. The van der Waals surface area contributed by atoms with Gasteiger partial charge in [0.15, 0.2) is 0 Å². The SMILES string of the molecule is CC1=C[C@@H]2C[C@@H]1[C@H]1C(=O)N(c3ccc(C(=O)OCc4ccccc4Cl)cc3)C(=O)[C@@H]12. The van der Waals surface area contributed by atoms with Crippen molar-refractivity contribution < 1.29 is 19.1 Å². The van der Waals surface area contributed by atoms with E-state index in [1.165, 1.54) is 10.5 Å². The molecule has 3 aliphatic rings. The molecule has 0 N–H and O–H groups in total. The lowest BCUT2D eigenvalue weighted by Gasteiger charge is -2.19. The third kappa shape index (κ3) is 2.88. The maximum Gasteiger partial charge on any atom is 0.338 e. The topological polar surface area (TPSA) is 63.7 Å². The molecule has 2 aromatic rings. The zero-order valence-electron chi connectivity index (χ0n) is 16.4. The van der Waals surface area contributed by atoms with Crippen LogP contribution in [0.4, 0.5) is 5.69 Å². The van der Waals surface area contributed by atoms with Gasteiger partial charge in [-0.2, -0.15) is 0 Å². The summed E-state index contributed by atoms with van der Waals surface area (Å²) in [6, 6.07) is 13.6. The molecular formula is C24H20ClNO4. The first-order valence-corrected chi connectivity index (χ1v) is 10.4. The molecule has 2 fully saturated rings. The third-order valence-electron chi connectivity index (χ3n) is 6.56. The minimum atomic E-state index is -0.490. The second-order valence-corrected chi connectivity index (χ2v) is 8.60. The van der Waals surface area contributed by atoms with Gasteiger partial charge in [0.05, 0.1) is 23.1 Å². The largest absolute Gasteiger partial charge is 0.457 e. The number of imide groups is 1. The van der Waals surface area contributed by atoms with Crippen molar-refractivity contribution in [3.05, 3.63) is 76.3 Å². The summed E-state index contributed by atoms with van der Waals surface area (Å²) in [6.45, 7) is 2.12. The van der Waals surface area contributed by atoms with Gasteiger partial charge in [-0.25, -0.2) is 4.79 Å². The van der Waals surface area contributed by atoms with Crippen molar-refractivity contribution in [1.82, 2.24) is 0 Å². The highest BCUT2D eigenvalue weighted by atomic mass is 35.5. The van der Waals surface area contributed by atoms with Gasteiger partial charge < -0.3 is 4.74 Å². The highest BCUT2D eigenvalue weighted by Crippen LogP contribution is 2.55. The number of esters is 1. The van der Waals surface area contributed by atoms with E-state index >= 15 is 0 Å². The van der Waals surface area contributed by atoms with Gasteiger partial charge >= 0.3 is 5.97 Å². The molecule has 2 aromatic carbocycles. The maximum atomic E-state index is 13.0. The Morgan fingerprint density at radius 1 is 1.07 bits per heavy atom. The van der Waals surface area contributed by atoms with E-state index in [-0.39, 0.29) is 42.1 Å². The fourth-order valence-corrected chi connectivity index (χ4v) is 5.31. The molecule has 0 spiro atoms. The van der Waals surface area contributed by atoms with Gasteiger partial charge in [0.2, 0.25) is 11.8 Å². The number of amides is 2. The molecule has 2 amide bonds. The monoisotopic (exact) mass is 421 g/mol. The van der Waals surface area contributed by atoms with Crippen LogP contribution in [0.1, 0.15) is 29.3 Å². The van der Waals surface area contributed by atoms with E-state index in [0.717, 1.165) is 12.0 Å². The van der Waals surface area contributed by atoms with E-state index < -0.39 is 5.97 Å². The number of benzene rings is 2. The Labute approximate surface area is 179 Å². The van der Waals surface area contributed by atoms with Crippen molar-refractivity contribution in [1.29, 1.82) is 0 Å². The minimum Gasteiger partial charge on any atom is -0.457 e. The third-order valence-corrected chi connectivity index (χ3v) is 6.93. The number of ether oxygens (including phenoxy) is 1. The molecule has 30 heavy (non-hydrogen) atoms. The van der Waals surface area contributed by atoms with E-state index in [9.17, 15) is 14.4 Å². The summed E-state index contributed by atoms with van der Waals surface area (Å²) >= 11 is 6.08. The Morgan fingerprint density at radius 2 is 1.77 bits per heavy atom. The first-order valence-electron chi connectivity index (χ1n) is 10.0. The van der Waals surface area contributed by atoms with Crippen LogP contribution in [-0.2, 0) is 20.9 Å². The van der Waals surface area contributed by atoms with Crippen LogP contribution in [0.25, 0.3) is 0 Å². The van der Waals surface area contributed by atoms with Gasteiger partial charge in [0.25, 0.3) is 0 Å². The molecule has 1 saturated carbocycles. The van der Waals surface area contributed by atoms with Crippen LogP contribution < -0.4 is 4.90 Å². The minimum absolute atomic E-state index is 0.0713. The van der Waals surface area contributed by atoms with Crippen LogP contribution in [-0.4, -0.2) is 17.8 Å². The summed E-state index contributed by atoms with van der Waals surface area (Å²) in [7, 11) is 0. The number of carbonyl (C=O) groups is 3. The lowest BCUT2D eigenvalue weighted by Crippen LogP contribution is -2.32. The quantitative estimate of drug-likeness (QED) is 0.417. The molecule has 5 rings (SSSR count).